The monoisotopic (exact) mass is 271 g/mol. The van der Waals surface area contributed by atoms with Crippen LogP contribution in [-0.4, -0.2) is 46.0 Å². The lowest BCUT2D eigenvalue weighted by atomic mass is 10.4. The highest BCUT2D eigenvalue weighted by molar-refractivity contribution is 9.10. The Morgan fingerprint density at radius 1 is 1.15 bits per heavy atom. The molecule has 0 aliphatic heterocycles. The first-order valence-corrected chi connectivity index (χ1v) is 8.14. The summed E-state index contributed by atoms with van der Waals surface area (Å²) in [5.41, 5.74) is 0. The maximum absolute atomic E-state index is 9.75. The van der Waals surface area contributed by atoms with E-state index in [4.69, 9.17) is 5.11 Å². The van der Waals surface area contributed by atoms with Crippen molar-refractivity contribution in [3.05, 3.63) is 0 Å². The third-order valence-corrected chi connectivity index (χ3v) is 9.02. The zero-order valence-corrected chi connectivity index (χ0v) is 11.2. The van der Waals surface area contributed by atoms with Crippen molar-refractivity contribution in [2.75, 3.05) is 31.3 Å². The second kappa shape index (κ2) is 5.65. The van der Waals surface area contributed by atoms with Crippen molar-refractivity contribution in [2.24, 2.45) is 0 Å². The first kappa shape index (κ1) is 13.8. The Morgan fingerprint density at radius 3 is 1.77 bits per heavy atom. The van der Waals surface area contributed by atoms with E-state index in [0.717, 1.165) is 24.6 Å². The lowest BCUT2D eigenvalue weighted by Crippen LogP contribution is -2.32. The molecule has 0 radical (unpaired) electrons. The lowest BCUT2D eigenvalue weighted by Gasteiger charge is -2.29. The highest BCUT2D eigenvalue weighted by Crippen LogP contribution is 2.60. The molecule has 13 heavy (non-hydrogen) atoms. The minimum Gasteiger partial charge on any atom is -0.392 e. The summed E-state index contributed by atoms with van der Waals surface area (Å²) in [7, 11) is -1.03. The fourth-order valence-electron chi connectivity index (χ4n) is 1.57. The molecule has 0 amide bonds. The van der Waals surface area contributed by atoms with Crippen LogP contribution in [0, 0.1) is 0 Å². The van der Waals surface area contributed by atoms with Crippen LogP contribution in [0.1, 0.15) is 20.8 Å². The zero-order chi connectivity index (χ0) is 10.5. The molecule has 0 heterocycles. The molecule has 0 bridgehead atoms. The average molecular weight is 272 g/mol. The van der Waals surface area contributed by atoms with Crippen LogP contribution < -0.4 is 0 Å². The SMILES string of the molecule is CC[P+](CC)(CC)CC(O)(Br)CO. The van der Waals surface area contributed by atoms with Gasteiger partial charge < -0.3 is 10.2 Å². The lowest BCUT2D eigenvalue weighted by molar-refractivity contribution is 0.0890. The summed E-state index contributed by atoms with van der Waals surface area (Å²) in [5.74, 6) is 0. The van der Waals surface area contributed by atoms with Crippen LogP contribution in [0.2, 0.25) is 0 Å². The smallest absolute Gasteiger partial charge is 0.175 e. The predicted molar refractivity (Wildman–Crippen MR) is 64.4 cm³/mol. The Kier molecular flexibility index (Phi) is 6.01. The number of rotatable bonds is 6. The van der Waals surface area contributed by atoms with Gasteiger partial charge in [-0.2, -0.15) is 0 Å². The van der Waals surface area contributed by atoms with Crippen molar-refractivity contribution in [3.63, 3.8) is 0 Å². The van der Waals surface area contributed by atoms with Crippen molar-refractivity contribution in [2.45, 2.75) is 25.3 Å². The minimum absolute atomic E-state index is 0.200. The molecule has 0 aliphatic carbocycles. The summed E-state index contributed by atoms with van der Waals surface area (Å²) in [4.78, 5) is 0. The number of halogens is 1. The van der Waals surface area contributed by atoms with Crippen molar-refractivity contribution < 1.29 is 10.2 Å². The van der Waals surface area contributed by atoms with Gasteiger partial charge in [0.25, 0.3) is 0 Å². The number of aliphatic hydroxyl groups excluding tert-OH is 1. The minimum atomic E-state index is -1.05. The molecule has 2 N–H and O–H groups in total. The quantitative estimate of drug-likeness (QED) is 0.574. The average Bonchev–Trinajstić information content (AvgIpc) is 2.14. The van der Waals surface area contributed by atoms with Crippen molar-refractivity contribution in [3.8, 4) is 0 Å². The Bertz CT molecular complexity index is 138. The van der Waals surface area contributed by atoms with Gasteiger partial charge in [-0.15, -0.1) is 0 Å². The van der Waals surface area contributed by atoms with E-state index in [2.05, 4.69) is 36.7 Å². The van der Waals surface area contributed by atoms with Gasteiger partial charge in [0.1, 0.15) is 6.16 Å². The van der Waals surface area contributed by atoms with Gasteiger partial charge in [-0.05, 0) is 36.7 Å². The van der Waals surface area contributed by atoms with E-state index < -0.39 is 11.8 Å². The summed E-state index contributed by atoms with van der Waals surface area (Å²) in [6.07, 6.45) is 4.16. The molecule has 1 unspecified atom stereocenters. The standard InChI is InChI=1S/C9H21BrO2P/c1-4-13(5-2,6-3)8-9(10,12)7-11/h11-12H,4-8H2,1-3H3/q+1. The van der Waals surface area contributed by atoms with E-state index in [1.807, 2.05) is 0 Å². The third kappa shape index (κ3) is 4.24. The molecule has 0 saturated carbocycles. The van der Waals surface area contributed by atoms with E-state index in [0.29, 0.717) is 0 Å². The second-order valence-electron chi connectivity index (χ2n) is 3.52. The summed E-state index contributed by atoms with van der Waals surface area (Å²) < 4.78 is -1.05. The van der Waals surface area contributed by atoms with Crippen molar-refractivity contribution in [1.29, 1.82) is 0 Å². The highest BCUT2D eigenvalue weighted by Gasteiger charge is 2.40. The molecule has 0 aliphatic rings. The molecular weight excluding hydrogens is 251 g/mol. The van der Waals surface area contributed by atoms with Gasteiger partial charge in [-0.3, -0.25) is 0 Å². The number of alkyl halides is 1. The molecule has 2 nitrogen and oxygen atoms in total. The molecule has 0 saturated heterocycles. The summed E-state index contributed by atoms with van der Waals surface area (Å²) in [6, 6.07) is 0. The molecule has 0 aromatic rings. The van der Waals surface area contributed by atoms with E-state index in [1.54, 1.807) is 0 Å². The van der Waals surface area contributed by atoms with Gasteiger partial charge in [0, 0.05) is 7.26 Å². The summed E-state index contributed by atoms with van der Waals surface area (Å²) in [6.45, 7) is 6.35. The first-order valence-electron chi connectivity index (χ1n) is 4.82. The van der Waals surface area contributed by atoms with Crippen LogP contribution in [0.3, 0.4) is 0 Å². The highest BCUT2D eigenvalue weighted by atomic mass is 79.9. The van der Waals surface area contributed by atoms with Crippen LogP contribution in [0.15, 0.2) is 0 Å². The maximum atomic E-state index is 9.75. The molecule has 4 heteroatoms. The Morgan fingerprint density at radius 2 is 1.54 bits per heavy atom. The third-order valence-electron chi connectivity index (χ3n) is 2.83. The van der Waals surface area contributed by atoms with Crippen LogP contribution in [-0.2, 0) is 0 Å². The molecule has 0 aromatic carbocycles. The first-order chi connectivity index (χ1) is 5.95. The fraction of sp³-hybridized carbons (Fsp3) is 1.00. The number of hydrogen-bond acceptors (Lipinski definition) is 2. The zero-order valence-electron chi connectivity index (χ0n) is 8.76. The molecule has 0 rings (SSSR count). The van der Waals surface area contributed by atoms with Gasteiger partial charge in [-0.25, -0.2) is 0 Å². The Labute approximate surface area is 90.2 Å². The fourth-order valence-corrected chi connectivity index (χ4v) is 6.31. The number of hydrogen-bond donors (Lipinski definition) is 2. The van der Waals surface area contributed by atoms with Crippen LogP contribution in [0.5, 0.6) is 0 Å². The second-order valence-corrected chi connectivity index (χ2v) is 9.90. The molecule has 0 aromatic heterocycles. The molecular formula is C9H21BrO2P+. The van der Waals surface area contributed by atoms with E-state index in [9.17, 15) is 5.11 Å². The predicted octanol–water partition coefficient (Wildman–Crippen LogP) is 2.14. The topological polar surface area (TPSA) is 40.5 Å². The van der Waals surface area contributed by atoms with Gasteiger partial charge in [0.05, 0.1) is 25.1 Å². The normalized spacial score (nSPS) is 17.1. The molecule has 0 fully saturated rings. The molecule has 1 atom stereocenters. The van der Waals surface area contributed by atoms with Crippen LogP contribution in [0.4, 0.5) is 0 Å². The van der Waals surface area contributed by atoms with Gasteiger partial charge in [0.2, 0.25) is 0 Å². The van der Waals surface area contributed by atoms with Gasteiger partial charge in [0.15, 0.2) is 4.51 Å². The number of aliphatic hydroxyl groups is 2. The van der Waals surface area contributed by atoms with Gasteiger partial charge in [-0.1, -0.05) is 0 Å². The maximum Gasteiger partial charge on any atom is 0.175 e. The Balaban J connectivity index is 4.41. The van der Waals surface area contributed by atoms with Crippen molar-refractivity contribution >= 4 is 23.2 Å². The van der Waals surface area contributed by atoms with Crippen LogP contribution >= 0.6 is 23.2 Å². The largest absolute Gasteiger partial charge is 0.392 e. The summed E-state index contributed by atoms with van der Waals surface area (Å²) >= 11 is 3.17. The van der Waals surface area contributed by atoms with E-state index in [-0.39, 0.29) is 6.61 Å². The Hall–Kier alpha value is 0.830. The van der Waals surface area contributed by atoms with E-state index in [1.165, 1.54) is 0 Å². The van der Waals surface area contributed by atoms with Crippen LogP contribution in [0.25, 0.3) is 0 Å². The van der Waals surface area contributed by atoms with Crippen molar-refractivity contribution in [1.82, 2.24) is 0 Å². The summed E-state index contributed by atoms with van der Waals surface area (Å²) in [5, 5.41) is 18.7. The van der Waals surface area contributed by atoms with E-state index >= 15 is 0 Å². The van der Waals surface area contributed by atoms with Gasteiger partial charge >= 0.3 is 0 Å². The molecule has 0 spiro atoms. The molecule has 80 valence electrons.